The number of benzene rings is 4. The second kappa shape index (κ2) is 13.7. The molecule has 0 saturated heterocycles. The zero-order chi connectivity index (χ0) is 25.3. The lowest BCUT2D eigenvalue weighted by Gasteiger charge is -2.12. The molecule has 0 heterocycles. The van der Waals surface area contributed by atoms with Crippen molar-refractivity contribution >= 4 is 74.9 Å². The third kappa shape index (κ3) is 6.98. The van der Waals surface area contributed by atoms with E-state index in [1.165, 1.54) is 55.7 Å². The van der Waals surface area contributed by atoms with Gasteiger partial charge in [-0.3, -0.25) is 0 Å². The molecule has 0 aromatic heterocycles. The van der Waals surface area contributed by atoms with Gasteiger partial charge in [0.1, 0.15) is 0 Å². The maximum atomic E-state index is 3.57. The van der Waals surface area contributed by atoms with E-state index in [-0.39, 0.29) is 0 Å². The van der Waals surface area contributed by atoms with Crippen LogP contribution >= 0.6 is 63.7 Å². The molecule has 182 valence electrons. The van der Waals surface area contributed by atoms with E-state index in [1.807, 2.05) is 0 Å². The maximum Gasteiger partial charge on any atom is 0.0283 e. The Kier molecular flexibility index (Phi) is 10.4. The largest absolute Gasteiger partial charge is 0.0876 e. The molecule has 4 rings (SSSR count). The van der Waals surface area contributed by atoms with Crippen molar-refractivity contribution in [3.63, 3.8) is 0 Å². The fourth-order valence-electron chi connectivity index (χ4n) is 3.98. The molecular formula is C32H26Br4. The van der Waals surface area contributed by atoms with Crippen LogP contribution in [0.3, 0.4) is 0 Å². The van der Waals surface area contributed by atoms with Gasteiger partial charge < -0.3 is 0 Å². The van der Waals surface area contributed by atoms with Crippen LogP contribution in [0.1, 0.15) is 44.5 Å². The Morgan fingerprint density at radius 2 is 0.556 bits per heavy atom. The number of hydrogen-bond acceptors (Lipinski definition) is 0. The van der Waals surface area contributed by atoms with E-state index in [1.54, 1.807) is 0 Å². The minimum atomic E-state index is 0.852. The van der Waals surface area contributed by atoms with Crippen molar-refractivity contribution in [2.45, 2.75) is 21.3 Å². The SMILES string of the molecule is BrCc1ccc(C(=CC=C(c2ccc(CBr)cc2)c2ccc(CBr)cc2)c2ccc(CBr)cc2)cc1. The molecule has 0 bridgehead atoms. The Balaban J connectivity index is 1.85. The van der Waals surface area contributed by atoms with Crippen LogP contribution in [0.25, 0.3) is 11.1 Å². The van der Waals surface area contributed by atoms with Gasteiger partial charge in [0.15, 0.2) is 0 Å². The number of halogens is 4. The van der Waals surface area contributed by atoms with Crippen molar-refractivity contribution in [3.8, 4) is 0 Å². The lowest BCUT2D eigenvalue weighted by atomic mass is 9.93. The van der Waals surface area contributed by atoms with Gasteiger partial charge in [-0.2, -0.15) is 0 Å². The fraction of sp³-hybridized carbons (Fsp3) is 0.125. The van der Waals surface area contributed by atoms with Crippen LogP contribution in [-0.2, 0) is 21.3 Å². The van der Waals surface area contributed by atoms with Crippen LogP contribution < -0.4 is 0 Å². The summed E-state index contributed by atoms with van der Waals surface area (Å²) in [5.74, 6) is 0. The smallest absolute Gasteiger partial charge is 0.0283 e. The standard InChI is InChI=1S/C32H26Br4/c33-19-23-1-9-27(10-2-23)31(28-11-3-24(20-34)4-12-28)17-18-32(29-13-5-25(21-35)6-14-29)30-15-7-26(22-36)8-16-30/h1-18H,19-22H2. The van der Waals surface area contributed by atoms with Crippen molar-refractivity contribution in [1.82, 2.24) is 0 Å². The van der Waals surface area contributed by atoms with Gasteiger partial charge >= 0.3 is 0 Å². The molecule has 4 aromatic carbocycles. The minimum absolute atomic E-state index is 0.852. The van der Waals surface area contributed by atoms with Crippen molar-refractivity contribution in [1.29, 1.82) is 0 Å². The molecule has 0 amide bonds. The molecule has 0 spiro atoms. The van der Waals surface area contributed by atoms with Gasteiger partial charge in [0, 0.05) is 21.3 Å². The summed E-state index contributed by atoms with van der Waals surface area (Å²) >= 11 is 14.3. The van der Waals surface area contributed by atoms with E-state index < -0.39 is 0 Å². The molecule has 0 saturated carbocycles. The summed E-state index contributed by atoms with van der Waals surface area (Å²) in [7, 11) is 0. The first-order chi connectivity index (χ1) is 17.6. The first-order valence-electron chi connectivity index (χ1n) is 11.7. The second-order valence-corrected chi connectivity index (χ2v) is 10.7. The van der Waals surface area contributed by atoms with Crippen LogP contribution in [0.4, 0.5) is 0 Å². The Bertz CT molecular complexity index is 1110. The highest BCUT2D eigenvalue weighted by atomic mass is 79.9. The summed E-state index contributed by atoms with van der Waals surface area (Å²) in [6.07, 6.45) is 4.52. The number of allylic oxidation sites excluding steroid dienone is 2. The van der Waals surface area contributed by atoms with Gasteiger partial charge in [0.05, 0.1) is 0 Å². The van der Waals surface area contributed by atoms with Crippen LogP contribution in [0.15, 0.2) is 109 Å². The molecule has 0 N–H and O–H groups in total. The number of hydrogen-bond donors (Lipinski definition) is 0. The average Bonchev–Trinajstić information content (AvgIpc) is 2.96. The Labute approximate surface area is 248 Å². The second-order valence-electron chi connectivity index (χ2n) is 8.48. The molecule has 4 aromatic rings. The average molecular weight is 730 g/mol. The van der Waals surface area contributed by atoms with Crippen LogP contribution in [0.2, 0.25) is 0 Å². The summed E-state index contributed by atoms with van der Waals surface area (Å²) < 4.78 is 0. The predicted octanol–water partition coefficient (Wildman–Crippen LogP) is 10.8. The topological polar surface area (TPSA) is 0 Å². The fourth-order valence-corrected chi connectivity index (χ4v) is 5.47. The van der Waals surface area contributed by atoms with Gasteiger partial charge in [0.25, 0.3) is 0 Å². The Morgan fingerprint density at radius 3 is 0.722 bits per heavy atom. The minimum Gasteiger partial charge on any atom is -0.0876 e. The first-order valence-corrected chi connectivity index (χ1v) is 16.2. The molecule has 0 aliphatic rings. The highest BCUT2D eigenvalue weighted by Crippen LogP contribution is 2.29. The molecule has 0 unspecified atom stereocenters. The van der Waals surface area contributed by atoms with E-state index in [4.69, 9.17) is 0 Å². The lowest BCUT2D eigenvalue weighted by Crippen LogP contribution is -1.92. The molecule has 4 heteroatoms. The van der Waals surface area contributed by atoms with Crippen LogP contribution in [0, 0.1) is 0 Å². The highest BCUT2D eigenvalue weighted by Gasteiger charge is 2.09. The van der Waals surface area contributed by atoms with Crippen molar-refractivity contribution in [2.24, 2.45) is 0 Å². The van der Waals surface area contributed by atoms with E-state index in [0.717, 1.165) is 21.3 Å². The zero-order valence-electron chi connectivity index (χ0n) is 19.7. The number of rotatable bonds is 9. The van der Waals surface area contributed by atoms with E-state index in [0.29, 0.717) is 0 Å². The van der Waals surface area contributed by atoms with E-state index in [9.17, 15) is 0 Å². The van der Waals surface area contributed by atoms with Gasteiger partial charge in [-0.1, -0.05) is 173 Å². The van der Waals surface area contributed by atoms with E-state index >= 15 is 0 Å². The molecule has 0 radical (unpaired) electrons. The predicted molar refractivity (Wildman–Crippen MR) is 170 cm³/mol. The quantitative estimate of drug-likeness (QED) is 0.119. The molecule has 0 nitrogen and oxygen atoms in total. The molecule has 0 aliphatic carbocycles. The van der Waals surface area contributed by atoms with Gasteiger partial charge in [-0.25, -0.2) is 0 Å². The summed E-state index contributed by atoms with van der Waals surface area (Å²) in [6, 6.07) is 35.2. The number of alkyl halides is 4. The maximum absolute atomic E-state index is 3.57. The van der Waals surface area contributed by atoms with E-state index in [2.05, 4.69) is 173 Å². The third-order valence-corrected chi connectivity index (χ3v) is 8.68. The normalized spacial score (nSPS) is 10.7. The van der Waals surface area contributed by atoms with Crippen LogP contribution in [0.5, 0.6) is 0 Å². The molecular weight excluding hydrogens is 704 g/mol. The van der Waals surface area contributed by atoms with Crippen molar-refractivity contribution in [2.75, 3.05) is 0 Å². The lowest BCUT2D eigenvalue weighted by molar-refractivity contribution is 1.40. The summed E-state index contributed by atoms with van der Waals surface area (Å²) in [5.41, 5.74) is 12.3. The molecule has 0 atom stereocenters. The monoisotopic (exact) mass is 726 g/mol. The highest BCUT2D eigenvalue weighted by molar-refractivity contribution is 9.09. The molecule has 0 fully saturated rings. The van der Waals surface area contributed by atoms with Gasteiger partial charge in [-0.15, -0.1) is 0 Å². The Hall–Kier alpha value is -1.72. The first kappa shape index (κ1) is 27.3. The zero-order valence-corrected chi connectivity index (χ0v) is 26.1. The third-order valence-electron chi connectivity index (χ3n) is 6.09. The van der Waals surface area contributed by atoms with Gasteiger partial charge in [0.2, 0.25) is 0 Å². The Morgan fingerprint density at radius 1 is 0.361 bits per heavy atom. The summed E-state index contributed by atoms with van der Waals surface area (Å²) in [6.45, 7) is 0. The molecule has 0 aliphatic heterocycles. The van der Waals surface area contributed by atoms with Crippen LogP contribution in [-0.4, -0.2) is 0 Å². The summed E-state index contributed by atoms with van der Waals surface area (Å²) in [5, 5.41) is 3.41. The van der Waals surface area contributed by atoms with Crippen molar-refractivity contribution in [3.05, 3.63) is 154 Å². The van der Waals surface area contributed by atoms with Crippen molar-refractivity contribution < 1.29 is 0 Å². The summed E-state index contributed by atoms with van der Waals surface area (Å²) in [4.78, 5) is 0. The van der Waals surface area contributed by atoms with Gasteiger partial charge in [-0.05, 0) is 55.7 Å². The molecule has 36 heavy (non-hydrogen) atoms.